The number of nitrogens with zero attached hydrogens (tertiary/aromatic N) is 3. The van der Waals surface area contributed by atoms with Gasteiger partial charge in [-0.05, 0) is 18.6 Å². The minimum Gasteiger partial charge on any atom is -0.477 e. The van der Waals surface area contributed by atoms with E-state index in [1.165, 1.54) is 0 Å². The molecule has 1 aromatic heterocycles. The van der Waals surface area contributed by atoms with Gasteiger partial charge in [0.1, 0.15) is 5.82 Å². The smallest absolute Gasteiger partial charge is 0.234 e. The van der Waals surface area contributed by atoms with E-state index in [9.17, 15) is 4.79 Å². The van der Waals surface area contributed by atoms with Crippen molar-refractivity contribution in [3.63, 3.8) is 0 Å². The van der Waals surface area contributed by atoms with E-state index in [4.69, 9.17) is 4.74 Å². The van der Waals surface area contributed by atoms with E-state index in [-0.39, 0.29) is 5.91 Å². The summed E-state index contributed by atoms with van der Waals surface area (Å²) in [6.45, 7) is 3.65. The Morgan fingerprint density at radius 1 is 1.32 bits per heavy atom. The molecule has 2 heterocycles. The molecule has 6 nitrogen and oxygen atoms in total. The van der Waals surface area contributed by atoms with Gasteiger partial charge < -0.3 is 15.0 Å². The van der Waals surface area contributed by atoms with Crippen LogP contribution in [0.1, 0.15) is 12.5 Å². The molecular formula is C16H18N4O2. The predicted octanol–water partition coefficient (Wildman–Crippen LogP) is 1.88. The van der Waals surface area contributed by atoms with Crippen molar-refractivity contribution in [2.75, 3.05) is 29.9 Å². The Bertz CT molecular complexity index is 675. The summed E-state index contributed by atoms with van der Waals surface area (Å²) in [7, 11) is 0. The summed E-state index contributed by atoms with van der Waals surface area (Å²) in [6, 6.07) is 7.89. The Morgan fingerprint density at radius 2 is 2.18 bits per heavy atom. The first-order valence-corrected chi connectivity index (χ1v) is 7.35. The molecule has 0 atom stereocenters. The van der Waals surface area contributed by atoms with Crippen LogP contribution in [-0.4, -0.2) is 35.6 Å². The van der Waals surface area contributed by atoms with Crippen LogP contribution in [0, 0.1) is 0 Å². The summed E-state index contributed by atoms with van der Waals surface area (Å²) >= 11 is 0. The number of benzene rings is 1. The van der Waals surface area contributed by atoms with Gasteiger partial charge in [-0.15, -0.1) is 0 Å². The number of anilines is 2. The second-order valence-corrected chi connectivity index (χ2v) is 4.95. The molecule has 0 unspecified atom stereocenters. The first-order valence-electron chi connectivity index (χ1n) is 7.35. The third-order valence-electron chi connectivity index (χ3n) is 3.47. The third-order valence-corrected chi connectivity index (χ3v) is 3.47. The maximum Gasteiger partial charge on any atom is 0.234 e. The lowest BCUT2D eigenvalue weighted by Crippen LogP contribution is -2.31. The number of carbonyl (C=O) groups excluding carboxylic acids is 1. The molecule has 1 amide bonds. The van der Waals surface area contributed by atoms with E-state index in [2.05, 4.69) is 15.3 Å². The van der Waals surface area contributed by atoms with Crippen LogP contribution >= 0.6 is 0 Å². The number of amides is 1. The molecule has 1 aromatic carbocycles. The average Bonchev–Trinajstić information content (AvgIpc) is 2.84. The highest BCUT2D eigenvalue weighted by Crippen LogP contribution is 2.27. The van der Waals surface area contributed by atoms with Gasteiger partial charge in [-0.2, -0.15) is 4.98 Å². The Balaban J connectivity index is 1.59. The zero-order valence-electron chi connectivity index (χ0n) is 12.5. The SMILES string of the molecule is CCOc1cncc(NCCN2C(=O)Cc3ccccc32)n1. The molecule has 0 spiro atoms. The lowest BCUT2D eigenvalue weighted by Gasteiger charge is -2.17. The monoisotopic (exact) mass is 298 g/mol. The maximum absolute atomic E-state index is 12.1. The molecule has 0 saturated carbocycles. The Hall–Kier alpha value is -2.63. The van der Waals surface area contributed by atoms with Gasteiger partial charge in [-0.1, -0.05) is 18.2 Å². The van der Waals surface area contributed by atoms with E-state index < -0.39 is 0 Å². The van der Waals surface area contributed by atoms with Crippen molar-refractivity contribution in [3.8, 4) is 5.88 Å². The summed E-state index contributed by atoms with van der Waals surface area (Å²) in [5.74, 6) is 1.28. The van der Waals surface area contributed by atoms with Crippen LogP contribution in [0.2, 0.25) is 0 Å². The van der Waals surface area contributed by atoms with Gasteiger partial charge in [-0.3, -0.25) is 9.78 Å². The molecule has 22 heavy (non-hydrogen) atoms. The highest BCUT2D eigenvalue weighted by molar-refractivity contribution is 6.01. The van der Waals surface area contributed by atoms with Crippen molar-refractivity contribution >= 4 is 17.4 Å². The van der Waals surface area contributed by atoms with Crippen molar-refractivity contribution in [2.24, 2.45) is 0 Å². The van der Waals surface area contributed by atoms with Gasteiger partial charge in [-0.25, -0.2) is 0 Å². The number of rotatable bonds is 6. The number of fused-ring (bicyclic) bond motifs is 1. The molecule has 1 aliphatic heterocycles. The molecule has 3 rings (SSSR count). The van der Waals surface area contributed by atoms with Gasteiger partial charge in [0, 0.05) is 18.8 Å². The first kappa shape index (κ1) is 14.3. The molecule has 2 aromatic rings. The Labute approximate surface area is 129 Å². The second kappa shape index (κ2) is 6.43. The lowest BCUT2D eigenvalue weighted by atomic mass is 10.2. The minimum absolute atomic E-state index is 0.136. The van der Waals surface area contributed by atoms with Gasteiger partial charge in [0.05, 0.1) is 25.4 Å². The second-order valence-electron chi connectivity index (χ2n) is 4.95. The van der Waals surface area contributed by atoms with Gasteiger partial charge in [0.15, 0.2) is 0 Å². The van der Waals surface area contributed by atoms with Crippen LogP contribution in [0.4, 0.5) is 11.5 Å². The van der Waals surface area contributed by atoms with E-state index in [0.29, 0.717) is 37.8 Å². The zero-order valence-corrected chi connectivity index (χ0v) is 12.5. The molecule has 1 N–H and O–H groups in total. The molecule has 6 heteroatoms. The molecular weight excluding hydrogens is 280 g/mol. The topological polar surface area (TPSA) is 67.3 Å². The fourth-order valence-electron chi connectivity index (χ4n) is 2.51. The number of hydrogen-bond donors (Lipinski definition) is 1. The third kappa shape index (κ3) is 3.00. The van der Waals surface area contributed by atoms with Crippen molar-refractivity contribution in [1.29, 1.82) is 0 Å². The molecule has 0 aliphatic carbocycles. The van der Waals surface area contributed by atoms with Crippen molar-refractivity contribution in [3.05, 3.63) is 42.2 Å². The summed E-state index contributed by atoms with van der Waals surface area (Å²) in [5.41, 5.74) is 2.09. The Kier molecular flexibility index (Phi) is 4.18. The van der Waals surface area contributed by atoms with Crippen molar-refractivity contribution < 1.29 is 9.53 Å². The van der Waals surface area contributed by atoms with E-state index in [1.54, 1.807) is 12.4 Å². The average molecular weight is 298 g/mol. The number of nitrogens with one attached hydrogen (secondary N) is 1. The van der Waals surface area contributed by atoms with E-state index in [1.807, 2.05) is 36.1 Å². The predicted molar refractivity (Wildman–Crippen MR) is 84.2 cm³/mol. The fourth-order valence-corrected chi connectivity index (χ4v) is 2.51. The van der Waals surface area contributed by atoms with Crippen LogP contribution in [0.15, 0.2) is 36.7 Å². The van der Waals surface area contributed by atoms with Crippen LogP contribution < -0.4 is 15.0 Å². The number of aromatic nitrogens is 2. The molecule has 114 valence electrons. The quantitative estimate of drug-likeness (QED) is 0.882. The Morgan fingerprint density at radius 3 is 3.05 bits per heavy atom. The number of para-hydroxylation sites is 1. The summed E-state index contributed by atoms with van der Waals surface area (Å²) in [5, 5.41) is 3.17. The maximum atomic E-state index is 12.1. The van der Waals surface area contributed by atoms with Crippen LogP contribution in [0.3, 0.4) is 0 Å². The molecule has 1 aliphatic rings. The minimum atomic E-state index is 0.136. The lowest BCUT2D eigenvalue weighted by molar-refractivity contribution is -0.117. The van der Waals surface area contributed by atoms with E-state index >= 15 is 0 Å². The fraction of sp³-hybridized carbons (Fsp3) is 0.312. The van der Waals surface area contributed by atoms with Crippen LogP contribution in [0.5, 0.6) is 5.88 Å². The number of hydrogen-bond acceptors (Lipinski definition) is 5. The highest BCUT2D eigenvalue weighted by Gasteiger charge is 2.25. The van der Waals surface area contributed by atoms with E-state index in [0.717, 1.165) is 11.3 Å². The van der Waals surface area contributed by atoms with Gasteiger partial charge >= 0.3 is 0 Å². The molecule has 0 saturated heterocycles. The molecule has 0 fully saturated rings. The van der Waals surface area contributed by atoms with Crippen molar-refractivity contribution in [2.45, 2.75) is 13.3 Å². The number of carbonyl (C=O) groups is 1. The van der Waals surface area contributed by atoms with Crippen LogP contribution in [0.25, 0.3) is 0 Å². The van der Waals surface area contributed by atoms with Crippen LogP contribution in [-0.2, 0) is 11.2 Å². The normalized spacial score (nSPS) is 13.1. The largest absolute Gasteiger partial charge is 0.477 e. The summed E-state index contributed by atoms with van der Waals surface area (Å²) < 4.78 is 5.31. The summed E-state index contributed by atoms with van der Waals surface area (Å²) in [4.78, 5) is 22.2. The van der Waals surface area contributed by atoms with Crippen molar-refractivity contribution in [1.82, 2.24) is 9.97 Å². The van der Waals surface area contributed by atoms with Gasteiger partial charge in [0.2, 0.25) is 11.8 Å². The molecule has 0 radical (unpaired) electrons. The highest BCUT2D eigenvalue weighted by atomic mass is 16.5. The summed E-state index contributed by atoms with van der Waals surface area (Å²) in [6.07, 6.45) is 3.70. The van der Waals surface area contributed by atoms with Gasteiger partial charge in [0.25, 0.3) is 0 Å². The zero-order chi connectivity index (χ0) is 15.4. The number of ether oxygens (including phenoxy) is 1. The molecule has 0 bridgehead atoms. The first-order chi connectivity index (χ1) is 10.8. The standard InChI is InChI=1S/C16H18N4O2/c1-2-22-15-11-17-10-14(19-15)18-7-8-20-13-6-4-3-5-12(13)9-16(20)21/h3-6,10-11H,2,7-9H2,1H3,(H,18,19).